The van der Waals surface area contributed by atoms with Crippen LogP contribution in [-0.2, 0) is 9.53 Å². The predicted molar refractivity (Wildman–Crippen MR) is 54.8 cm³/mol. The number of ether oxygens (including phenoxy) is 1. The molecule has 3 atom stereocenters. The molecule has 0 radical (unpaired) electrons. The van der Waals surface area contributed by atoms with Gasteiger partial charge in [0.05, 0.1) is 12.0 Å². The third-order valence-corrected chi connectivity index (χ3v) is 2.97. The van der Waals surface area contributed by atoms with Crippen LogP contribution in [0.15, 0.2) is 0 Å². The number of methoxy groups -OCH3 is 1. The lowest BCUT2D eigenvalue weighted by atomic mass is 10.0. The molecule has 1 rings (SSSR count). The molecule has 4 heteroatoms. The van der Waals surface area contributed by atoms with E-state index in [0.29, 0.717) is 6.54 Å². The summed E-state index contributed by atoms with van der Waals surface area (Å²) >= 11 is 0. The molecular formula is C10H20N2O2. The molecule has 0 saturated carbocycles. The fraction of sp³-hybridized carbons (Fsp3) is 0.900. The molecule has 1 aliphatic rings. The molecule has 4 nitrogen and oxygen atoms in total. The molecule has 0 aliphatic carbocycles. The number of hydrogen-bond acceptors (Lipinski definition) is 3. The first kappa shape index (κ1) is 11.5. The topological polar surface area (TPSA) is 55.6 Å². The third kappa shape index (κ3) is 2.45. The Morgan fingerprint density at radius 2 is 2.21 bits per heavy atom. The molecular weight excluding hydrogens is 180 g/mol. The van der Waals surface area contributed by atoms with Gasteiger partial charge in [-0.15, -0.1) is 0 Å². The molecule has 1 amide bonds. The maximum Gasteiger partial charge on any atom is 0.227 e. The smallest absolute Gasteiger partial charge is 0.227 e. The third-order valence-electron chi connectivity index (χ3n) is 2.97. The van der Waals surface area contributed by atoms with Crippen molar-refractivity contribution in [3.63, 3.8) is 0 Å². The van der Waals surface area contributed by atoms with Crippen LogP contribution >= 0.6 is 0 Å². The lowest BCUT2D eigenvalue weighted by Gasteiger charge is -2.22. The summed E-state index contributed by atoms with van der Waals surface area (Å²) in [5, 5.41) is 0. The molecule has 1 saturated heterocycles. The zero-order valence-electron chi connectivity index (χ0n) is 9.19. The minimum absolute atomic E-state index is 0.0795. The number of nitrogens with two attached hydrogens (primary N) is 1. The first-order chi connectivity index (χ1) is 6.56. The van der Waals surface area contributed by atoms with E-state index in [1.165, 1.54) is 0 Å². The van der Waals surface area contributed by atoms with Crippen LogP contribution in [0.5, 0.6) is 0 Å². The average molecular weight is 200 g/mol. The molecule has 0 spiro atoms. The van der Waals surface area contributed by atoms with Crippen LogP contribution in [0.2, 0.25) is 0 Å². The van der Waals surface area contributed by atoms with Crippen LogP contribution < -0.4 is 5.73 Å². The maximum atomic E-state index is 11.8. The van der Waals surface area contributed by atoms with Crippen LogP contribution in [0.3, 0.4) is 0 Å². The molecule has 2 N–H and O–H groups in total. The Hall–Kier alpha value is -0.610. The van der Waals surface area contributed by atoms with Crippen molar-refractivity contribution in [2.75, 3.05) is 20.2 Å². The molecule has 0 aromatic heterocycles. The van der Waals surface area contributed by atoms with Gasteiger partial charge >= 0.3 is 0 Å². The fourth-order valence-electron chi connectivity index (χ4n) is 1.63. The Morgan fingerprint density at radius 1 is 1.57 bits per heavy atom. The van der Waals surface area contributed by atoms with E-state index in [-0.39, 0.29) is 24.0 Å². The first-order valence-electron chi connectivity index (χ1n) is 5.13. The van der Waals surface area contributed by atoms with Gasteiger partial charge in [-0.05, 0) is 13.3 Å². The lowest BCUT2D eigenvalue weighted by molar-refractivity contribution is -0.134. The summed E-state index contributed by atoms with van der Waals surface area (Å²) in [6, 6.07) is -0.0795. The molecule has 14 heavy (non-hydrogen) atoms. The summed E-state index contributed by atoms with van der Waals surface area (Å²) in [5.41, 5.74) is 5.69. The molecule has 2 unspecified atom stereocenters. The summed E-state index contributed by atoms with van der Waals surface area (Å²) < 4.78 is 5.21. The van der Waals surface area contributed by atoms with Crippen LogP contribution in [0, 0.1) is 5.92 Å². The van der Waals surface area contributed by atoms with Gasteiger partial charge in [-0.3, -0.25) is 4.79 Å². The number of carbonyl (C=O) groups excluding carboxylic acids is 1. The summed E-state index contributed by atoms with van der Waals surface area (Å²) in [6.45, 7) is 5.26. The van der Waals surface area contributed by atoms with Crippen LogP contribution in [0.1, 0.15) is 20.3 Å². The number of amides is 1. The highest BCUT2D eigenvalue weighted by molar-refractivity contribution is 5.79. The van der Waals surface area contributed by atoms with Crippen molar-refractivity contribution in [2.45, 2.75) is 32.4 Å². The van der Waals surface area contributed by atoms with E-state index in [4.69, 9.17) is 10.5 Å². The van der Waals surface area contributed by atoms with Crippen molar-refractivity contribution in [3.8, 4) is 0 Å². The summed E-state index contributed by atoms with van der Waals surface area (Å²) in [4.78, 5) is 13.7. The van der Waals surface area contributed by atoms with Crippen molar-refractivity contribution < 1.29 is 9.53 Å². The van der Waals surface area contributed by atoms with Crippen LogP contribution in [0.4, 0.5) is 0 Å². The largest absolute Gasteiger partial charge is 0.380 e. The Kier molecular flexibility index (Phi) is 3.89. The Bertz CT molecular complexity index is 206. The fourth-order valence-corrected chi connectivity index (χ4v) is 1.63. The van der Waals surface area contributed by atoms with Crippen molar-refractivity contribution in [1.29, 1.82) is 0 Å². The summed E-state index contributed by atoms with van der Waals surface area (Å²) in [5.74, 6) is 0.0603. The van der Waals surface area contributed by atoms with E-state index in [2.05, 4.69) is 0 Å². The SMILES string of the molecule is CO[C@@H]1CCN(C(=O)C(C)C(C)N)C1. The van der Waals surface area contributed by atoms with E-state index in [1.807, 2.05) is 18.7 Å². The lowest BCUT2D eigenvalue weighted by Crippen LogP contribution is -2.41. The standard InChI is InChI=1S/C10H20N2O2/c1-7(8(2)11)10(13)12-5-4-9(6-12)14-3/h7-9H,4-6,11H2,1-3H3/t7?,8?,9-/m1/s1. The van der Waals surface area contributed by atoms with E-state index in [0.717, 1.165) is 13.0 Å². The molecule has 0 aromatic carbocycles. The van der Waals surface area contributed by atoms with Gasteiger partial charge in [0.25, 0.3) is 0 Å². The van der Waals surface area contributed by atoms with E-state index >= 15 is 0 Å². The molecule has 1 fully saturated rings. The van der Waals surface area contributed by atoms with Gasteiger partial charge in [0.1, 0.15) is 0 Å². The Morgan fingerprint density at radius 3 is 2.64 bits per heavy atom. The Labute approximate surface area is 85.4 Å². The number of carbonyl (C=O) groups is 1. The Balaban J connectivity index is 2.47. The summed E-state index contributed by atoms with van der Waals surface area (Å²) in [7, 11) is 1.69. The van der Waals surface area contributed by atoms with Crippen molar-refractivity contribution >= 4 is 5.91 Å². The molecule has 1 heterocycles. The highest BCUT2D eigenvalue weighted by Crippen LogP contribution is 2.15. The number of rotatable bonds is 3. The quantitative estimate of drug-likeness (QED) is 0.709. The zero-order valence-corrected chi connectivity index (χ0v) is 9.19. The van der Waals surface area contributed by atoms with Crippen molar-refractivity contribution in [2.24, 2.45) is 11.7 Å². The normalized spacial score (nSPS) is 26.3. The van der Waals surface area contributed by atoms with E-state index in [9.17, 15) is 4.79 Å². The zero-order chi connectivity index (χ0) is 10.7. The molecule has 0 bridgehead atoms. The minimum Gasteiger partial charge on any atom is -0.380 e. The van der Waals surface area contributed by atoms with E-state index < -0.39 is 0 Å². The first-order valence-corrected chi connectivity index (χ1v) is 5.13. The second kappa shape index (κ2) is 4.75. The highest BCUT2D eigenvalue weighted by Gasteiger charge is 2.29. The second-order valence-electron chi connectivity index (χ2n) is 4.08. The van der Waals surface area contributed by atoms with Gasteiger partial charge in [-0.2, -0.15) is 0 Å². The monoisotopic (exact) mass is 200 g/mol. The average Bonchev–Trinajstić information content (AvgIpc) is 2.63. The molecule has 82 valence electrons. The highest BCUT2D eigenvalue weighted by atomic mass is 16.5. The van der Waals surface area contributed by atoms with Gasteiger partial charge in [0, 0.05) is 26.2 Å². The van der Waals surface area contributed by atoms with Crippen LogP contribution in [-0.4, -0.2) is 43.2 Å². The summed E-state index contributed by atoms with van der Waals surface area (Å²) in [6.07, 6.45) is 1.15. The van der Waals surface area contributed by atoms with Gasteiger partial charge in [-0.25, -0.2) is 0 Å². The van der Waals surface area contributed by atoms with Gasteiger partial charge < -0.3 is 15.4 Å². The number of likely N-dealkylation sites (tertiary alicyclic amines) is 1. The molecule has 0 aromatic rings. The number of nitrogens with zero attached hydrogens (tertiary/aromatic N) is 1. The van der Waals surface area contributed by atoms with Crippen molar-refractivity contribution in [3.05, 3.63) is 0 Å². The minimum atomic E-state index is -0.0920. The van der Waals surface area contributed by atoms with E-state index in [1.54, 1.807) is 7.11 Å². The maximum absolute atomic E-state index is 11.8. The predicted octanol–water partition coefficient (Wildman–Crippen LogP) is 0.217. The van der Waals surface area contributed by atoms with Gasteiger partial charge in [0.15, 0.2) is 0 Å². The van der Waals surface area contributed by atoms with Gasteiger partial charge in [0.2, 0.25) is 5.91 Å². The second-order valence-corrected chi connectivity index (χ2v) is 4.08. The van der Waals surface area contributed by atoms with Crippen LogP contribution in [0.25, 0.3) is 0 Å². The molecule has 1 aliphatic heterocycles. The number of hydrogen-bond donors (Lipinski definition) is 1. The van der Waals surface area contributed by atoms with Crippen molar-refractivity contribution in [1.82, 2.24) is 4.90 Å². The van der Waals surface area contributed by atoms with Gasteiger partial charge in [-0.1, -0.05) is 6.92 Å².